The molecule has 0 aliphatic rings. The minimum atomic E-state index is 0.264. The van der Waals surface area contributed by atoms with Crippen LogP contribution >= 0.6 is 0 Å². The number of hydrogen-bond acceptors (Lipinski definition) is 5. The second-order valence-corrected chi connectivity index (χ2v) is 2.74. The maximum absolute atomic E-state index is 5.09. The quantitative estimate of drug-likeness (QED) is 0.493. The summed E-state index contributed by atoms with van der Waals surface area (Å²) in [6, 6.07) is 0.264. The first-order valence-electron chi connectivity index (χ1n) is 3.51. The number of aromatic nitrogens is 2. The van der Waals surface area contributed by atoms with Gasteiger partial charge in [0, 0.05) is 6.42 Å². The highest BCUT2D eigenvalue weighted by Gasteiger charge is 2.05. The van der Waals surface area contributed by atoms with Gasteiger partial charge in [0.15, 0.2) is 0 Å². The summed E-state index contributed by atoms with van der Waals surface area (Å²) in [6.45, 7) is 4.17. The Labute approximate surface area is 65.0 Å². The number of anilines is 1. The molecule has 1 heterocycles. The average molecular weight is 156 g/mol. The van der Waals surface area contributed by atoms with Crippen molar-refractivity contribution >= 4 is 6.01 Å². The minimum absolute atomic E-state index is 0.264. The van der Waals surface area contributed by atoms with Crippen LogP contribution in [0.2, 0.25) is 0 Å². The lowest BCUT2D eigenvalue weighted by Gasteiger charge is -1.96. The van der Waals surface area contributed by atoms with Crippen molar-refractivity contribution < 1.29 is 4.42 Å². The van der Waals surface area contributed by atoms with Gasteiger partial charge in [0.05, 0.1) is 0 Å². The Morgan fingerprint density at radius 1 is 1.55 bits per heavy atom. The van der Waals surface area contributed by atoms with E-state index in [1.807, 2.05) is 0 Å². The largest absolute Gasteiger partial charge is 0.407 e. The number of nitrogens with zero attached hydrogens (tertiary/aromatic N) is 2. The van der Waals surface area contributed by atoms with Crippen LogP contribution in [0, 0.1) is 5.92 Å². The van der Waals surface area contributed by atoms with Gasteiger partial charge < -0.3 is 4.42 Å². The molecule has 3 N–H and O–H groups in total. The predicted octanol–water partition coefficient (Wildman–Crippen LogP) is 0.554. The van der Waals surface area contributed by atoms with E-state index in [0.717, 1.165) is 6.42 Å². The molecule has 1 aromatic rings. The molecule has 1 rings (SSSR count). The summed E-state index contributed by atoms with van der Waals surface area (Å²) in [4.78, 5) is 0. The van der Waals surface area contributed by atoms with Gasteiger partial charge in [0.25, 0.3) is 0 Å². The van der Waals surface area contributed by atoms with Crippen LogP contribution in [-0.2, 0) is 6.42 Å². The molecule has 0 saturated carbocycles. The highest BCUT2D eigenvalue weighted by Crippen LogP contribution is 2.08. The van der Waals surface area contributed by atoms with Gasteiger partial charge in [-0.15, -0.1) is 5.10 Å². The third-order valence-corrected chi connectivity index (χ3v) is 1.17. The zero-order valence-electron chi connectivity index (χ0n) is 6.66. The van der Waals surface area contributed by atoms with Crippen molar-refractivity contribution in [3.63, 3.8) is 0 Å². The Morgan fingerprint density at radius 2 is 2.27 bits per heavy atom. The topological polar surface area (TPSA) is 77.0 Å². The van der Waals surface area contributed by atoms with Crippen molar-refractivity contribution in [1.82, 2.24) is 10.2 Å². The molecule has 11 heavy (non-hydrogen) atoms. The van der Waals surface area contributed by atoms with E-state index >= 15 is 0 Å². The molecular weight excluding hydrogens is 144 g/mol. The predicted molar refractivity (Wildman–Crippen MR) is 40.7 cm³/mol. The van der Waals surface area contributed by atoms with E-state index in [2.05, 4.69) is 29.5 Å². The SMILES string of the molecule is CC(C)Cc1nnc(NN)o1. The molecule has 0 atom stereocenters. The molecule has 0 aromatic carbocycles. The lowest BCUT2D eigenvalue weighted by molar-refractivity contribution is 0.466. The van der Waals surface area contributed by atoms with Crippen molar-refractivity contribution in [2.24, 2.45) is 11.8 Å². The van der Waals surface area contributed by atoms with Gasteiger partial charge in [-0.1, -0.05) is 18.9 Å². The van der Waals surface area contributed by atoms with Crippen molar-refractivity contribution in [1.29, 1.82) is 0 Å². The van der Waals surface area contributed by atoms with Gasteiger partial charge in [-0.2, -0.15) is 0 Å². The lowest BCUT2D eigenvalue weighted by atomic mass is 10.1. The summed E-state index contributed by atoms with van der Waals surface area (Å²) in [5.41, 5.74) is 2.28. The fraction of sp³-hybridized carbons (Fsp3) is 0.667. The summed E-state index contributed by atoms with van der Waals surface area (Å²) in [5, 5.41) is 7.40. The Morgan fingerprint density at radius 3 is 2.73 bits per heavy atom. The van der Waals surface area contributed by atoms with Crippen LogP contribution in [-0.4, -0.2) is 10.2 Å². The van der Waals surface area contributed by atoms with Gasteiger partial charge in [-0.3, -0.25) is 5.43 Å². The Hall–Kier alpha value is -1.10. The molecule has 0 unspecified atom stereocenters. The first-order chi connectivity index (χ1) is 5.22. The van der Waals surface area contributed by atoms with Crippen LogP contribution in [0.5, 0.6) is 0 Å². The van der Waals surface area contributed by atoms with Crippen LogP contribution in [0.25, 0.3) is 0 Å². The highest BCUT2D eigenvalue weighted by molar-refractivity contribution is 5.12. The van der Waals surface area contributed by atoms with Gasteiger partial charge >= 0.3 is 6.01 Å². The van der Waals surface area contributed by atoms with E-state index in [4.69, 9.17) is 10.3 Å². The molecule has 5 heteroatoms. The molecule has 0 amide bonds. The second kappa shape index (κ2) is 3.34. The number of nitrogens with one attached hydrogen (secondary N) is 1. The zero-order chi connectivity index (χ0) is 8.27. The Balaban J connectivity index is 2.58. The molecule has 62 valence electrons. The normalized spacial score (nSPS) is 10.5. The van der Waals surface area contributed by atoms with Gasteiger partial charge in [0.2, 0.25) is 5.89 Å². The number of hydrazine groups is 1. The third-order valence-electron chi connectivity index (χ3n) is 1.17. The molecule has 0 bridgehead atoms. The lowest BCUT2D eigenvalue weighted by Crippen LogP contribution is -2.06. The molecule has 0 aliphatic heterocycles. The molecule has 0 radical (unpaired) electrons. The molecule has 0 aliphatic carbocycles. The molecule has 0 fully saturated rings. The summed E-state index contributed by atoms with van der Waals surface area (Å²) in [6.07, 6.45) is 0.786. The maximum Gasteiger partial charge on any atom is 0.330 e. The number of nitrogens with two attached hydrogens (primary N) is 1. The van der Waals surface area contributed by atoms with E-state index in [1.54, 1.807) is 0 Å². The summed E-state index contributed by atoms with van der Waals surface area (Å²) in [7, 11) is 0. The fourth-order valence-corrected chi connectivity index (χ4v) is 0.744. The van der Waals surface area contributed by atoms with Gasteiger partial charge in [0.1, 0.15) is 0 Å². The fourth-order valence-electron chi connectivity index (χ4n) is 0.744. The first-order valence-corrected chi connectivity index (χ1v) is 3.51. The summed E-state index contributed by atoms with van der Waals surface area (Å²) < 4.78 is 5.09. The van der Waals surface area contributed by atoms with Crippen LogP contribution < -0.4 is 11.3 Å². The third kappa shape index (κ3) is 2.19. The van der Waals surface area contributed by atoms with E-state index in [-0.39, 0.29) is 6.01 Å². The Kier molecular flexibility index (Phi) is 2.43. The second-order valence-electron chi connectivity index (χ2n) is 2.74. The molecule has 1 aromatic heterocycles. The number of nitrogen functional groups attached to an aromatic ring is 1. The molecule has 0 saturated heterocycles. The zero-order valence-corrected chi connectivity index (χ0v) is 6.66. The molecule has 5 nitrogen and oxygen atoms in total. The summed E-state index contributed by atoms with van der Waals surface area (Å²) in [5.74, 6) is 6.18. The van der Waals surface area contributed by atoms with Crippen molar-refractivity contribution in [3.05, 3.63) is 5.89 Å². The summed E-state index contributed by atoms with van der Waals surface area (Å²) >= 11 is 0. The standard InChI is InChI=1S/C6H12N4O/c1-4(2)3-5-9-10-6(8-7)11-5/h4H,3,7H2,1-2H3,(H,8,10). The van der Waals surface area contributed by atoms with Gasteiger partial charge in [-0.25, -0.2) is 5.84 Å². The minimum Gasteiger partial charge on any atom is -0.407 e. The average Bonchev–Trinajstić information content (AvgIpc) is 2.34. The van der Waals surface area contributed by atoms with E-state index in [9.17, 15) is 0 Å². The number of hydrogen-bond donors (Lipinski definition) is 2. The van der Waals surface area contributed by atoms with E-state index < -0.39 is 0 Å². The van der Waals surface area contributed by atoms with Crippen molar-refractivity contribution in [2.45, 2.75) is 20.3 Å². The van der Waals surface area contributed by atoms with Gasteiger partial charge in [-0.05, 0) is 5.92 Å². The van der Waals surface area contributed by atoms with Crippen molar-refractivity contribution in [2.75, 3.05) is 5.43 Å². The van der Waals surface area contributed by atoms with E-state index in [1.165, 1.54) is 0 Å². The first kappa shape index (κ1) is 8.00. The van der Waals surface area contributed by atoms with Crippen molar-refractivity contribution in [3.8, 4) is 0 Å². The highest BCUT2D eigenvalue weighted by atomic mass is 16.4. The van der Waals surface area contributed by atoms with Crippen LogP contribution in [0.4, 0.5) is 6.01 Å². The smallest absolute Gasteiger partial charge is 0.330 e. The van der Waals surface area contributed by atoms with Crippen LogP contribution in [0.1, 0.15) is 19.7 Å². The van der Waals surface area contributed by atoms with Crippen LogP contribution in [0.15, 0.2) is 4.42 Å². The maximum atomic E-state index is 5.09. The van der Waals surface area contributed by atoms with Crippen LogP contribution in [0.3, 0.4) is 0 Å². The number of rotatable bonds is 3. The monoisotopic (exact) mass is 156 g/mol. The Bertz CT molecular complexity index is 220. The van der Waals surface area contributed by atoms with E-state index in [0.29, 0.717) is 11.8 Å². The molecular formula is C6H12N4O. The molecule has 0 spiro atoms.